The zero-order valence-corrected chi connectivity index (χ0v) is 27.7. The molecule has 1 saturated carbocycles. The minimum atomic E-state index is -3.59. The van der Waals surface area contributed by atoms with Gasteiger partial charge in [0, 0.05) is 55.9 Å². The molecule has 3 heterocycles. The number of anilines is 1. The Bertz CT molecular complexity index is 1670. The lowest BCUT2D eigenvalue weighted by atomic mass is 9.59. The molecule has 3 aromatic rings. The summed E-state index contributed by atoms with van der Waals surface area (Å²) in [4.78, 5) is 17.5. The van der Waals surface area contributed by atoms with E-state index < -0.39 is 21.3 Å². The zero-order chi connectivity index (χ0) is 32.5. The molecule has 6 rings (SSSR count). The van der Waals surface area contributed by atoms with Crippen LogP contribution < -0.4 is 10.2 Å². The largest absolute Gasteiger partial charge is 0.453 e. The molecule has 2 unspecified atom stereocenters. The summed E-state index contributed by atoms with van der Waals surface area (Å²) in [6.45, 7) is 6.96. The number of benzene rings is 2. The number of carbonyl (C=O) groups excluding carboxylic acids is 1. The second-order valence-corrected chi connectivity index (χ2v) is 15.6. The molecular formula is C35H44N6O4S. The van der Waals surface area contributed by atoms with Gasteiger partial charge in [0.2, 0.25) is 9.84 Å². The average Bonchev–Trinajstić information content (AvgIpc) is 3.71. The number of alkyl carbamates (subject to hydrolysis) is 1. The van der Waals surface area contributed by atoms with E-state index in [4.69, 9.17) is 4.74 Å². The van der Waals surface area contributed by atoms with Gasteiger partial charge in [-0.25, -0.2) is 13.2 Å². The molecule has 10 nitrogen and oxygen atoms in total. The van der Waals surface area contributed by atoms with Crippen molar-refractivity contribution in [3.05, 3.63) is 72.6 Å². The monoisotopic (exact) mass is 644 g/mol. The average molecular weight is 645 g/mol. The molecule has 2 aliphatic heterocycles. The Hall–Kier alpha value is -3.88. The van der Waals surface area contributed by atoms with Crippen LogP contribution >= 0.6 is 0 Å². The smallest absolute Gasteiger partial charge is 0.407 e. The summed E-state index contributed by atoms with van der Waals surface area (Å²) in [5, 5.41) is 18.0. The van der Waals surface area contributed by atoms with Crippen LogP contribution in [-0.2, 0) is 27.0 Å². The Morgan fingerprint density at radius 1 is 1.07 bits per heavy atom. The van der Waals surface area contributed by atoms with E-state index in [1.54, 1.807) is 19.2 Å². The molecule has 2 aromatic carbocycles. The van der Waals surface area contributed by atoms with Crippen molar-refractivity contribution in [1.82, 2.24) is 20.0 Å². The third kappa shape index (κ3) is 6.00. The van der Waals surface area contributed by atoms with Crippen molar-refractivity contribution in [2.45, 2.75) is 60.3 Å². The maximum atomic E-state index is 13.0. The minimum Gasteiger partial charge on any atom is -0.453 e. The Morgan fingerprint density at radius 3 is 2.37 bits per heavy atom. The number of nitrogens with one attached hydrogen (secondary N) is 1. The molecule has 3 atom stereocenters. The number of likely N-dealkylation sites (tertiary alicyclic amines) is 1. The first-order valence-electron chi connectivity index (χ1n) is 16.2. The van der Waals surface area contributed by atoms with E-state index in [1.165, 1.54) is 24.2 Å². The summed E-state index contributed by atoms with van der Waals surface area (Å²) < 4.78 is 32.3. The summed E-state index contributed by atoms with van der Waals surface area (Å²) in [7, 11) is -0.505. The van der Waals surface area contributed by atoms with Crippen LogP contribution in [0.3, 0.4) is 0 Å². The van der Waals surface area contributed by atoms with Gasteiger partial charge in [-0.3, -0.25) is 4.68 Å². The third-order valence-corrected chi connectivity index (χ3v) is 12.2. The van der Waals surface area contributed by atoms with Gasteiger partial charge >= 0.3 is 6.09 Å². The fourth-order valence-corrected chi connectivity index (χ4v) is 9.59. The number of hydrogen-bond donors (Lipinski definition) is 1. The number of nitrogens with zero attached hydrogens (tertiary/aromatic N) is 5. The van der Waals surface area contributed by atoms with Crippen molar-refractivity contribution in [3.8, 4) is 6.07 Å². The van der Waals surface area contributed by atoms with Crippen LogP contribution in [0.4, 0.5) is 10.5 Å². The molecule has 0 bridgehead atoms. The summed E-state index contributed by atoms with van der Waals surface area (Å²) in [6.07, 6.45) is 7.05. The third-order valence-electron chi connectivity index (χ3n) is 10.5. The zero-order valence-electron chi connectivity index (χ0n) is 26.9. The number of hydrogen-bond acceptors (Lipinski definition) is 8. The second-order valence-electron chi connectivity index (χ2n) is 13.7. The highest BCUT2D eigenvalue weighted by molar-refractivity contribution is 7.91. The van der Waals surface area contributed by atoms with Crippen LogP contribution in [-0.4, -0.2) is 75.1 Å². The predicted octanol–water partition coefficient (Wildman–Crippen LogP) is 4.78. The number of sulfone groups is 1. The molecule has 244 valence electrons. The highest BCUT2D eigenvalue weighted by Crippen LogP contribution is 2.50. The van der Waals surface area contributed by atoms with Crippen LogP contribution in [0.5, 0.6) is 0 Å². The second kappa shape index (κ2) is 12.7. The highest BCUT2D eigenvalue weighted by atomic mass is 32.2. The number of aromatic nitrogens is 2. The molecule has 1 N–H and O–H groups in total. The molecule has 3 fully saturated rings. The van der Waals surface area contributed by atoms with Gasteiger partial charge < -0.3 is 19.9 Å². The minimum absolute atomic E-state index is 0.0268. The van der Waals surface area contributed by atoms with Crippen LogP contribution in [0.2, 0.25) is 0 Å². The first-order chi connectivity index (χ1) is 22.1. The lowest BCUT2D eigenvalue weighted by Gasteiger charge is -2.53. The SMILES string of the molecule is COC(=O)N[C@H]1CCCC1C(C#N)(c1ccccc1)C1CCN(CC2(C)CN(c3ccc(S(=O)(=O)c4cnn(C)c4)cc3)C2)CC1. The van der Waals surface area contributed by atoms with Gasteiger partial charge in [0.25, 0.3) is 0 Å². The lowest BCUT2D eigenvalue weighted by molar-refractivity contribution is 0.0691. The number of ether oxygens (including phenoxy) is 1. The van der Waals surface area contributed by atoms with Crippen molar-refractivity contribution >= 4 is 21.6 Å². The molecule has 3 aliphatic rings. The van der Waals surface area contributed by atoms with E-state index in [-0.39, 0.29) is 33.1 Å². The lowest BCUT2D eigenvalue weighted by Crippen LogP contribution is -2.60. The maximum absolute atomic E-state index is 13.0. The van der Waals surface area contributed by atoms with Gasteiger partial charge in [-0.15, -0.1) is 0 Å². The molecular weight excluding hydrogens is 600 g/mol. The van der Waals surface area contributed by atoms with Gasteiger partial charge in [0.05, 0.1) is 29.7 Å². The van der Waals surface area contributed by atoms with Gasteiger partial charge in [0.1, 0.15) is 4.90 Å². The topological polar surface area (TPSA) is 121 Å². The van der Waals surface area contributed by atoms with Crippen LogP contribution in [0.15, 0.2) is 76.8 Å². The van der Waals surface area contributed by atoms with Crippen molar-refractivity contribution in [3.63, 3.8) is 0 Å². The number of carbonyl (C=O) groups is 1. The first kappa shape index (κ1) is 32.1. The fourth-order valence-electron chi connectivity index (χ4n) is 8.35. The Kier molecular flexibility index (Phi) is 8.87. The standard InChI is InChI=1S/C35H44N6O4S/c1-34(24-41(25-34)28-12-14-29(15-13-28)46(43,44)30-20-37-39(2)21-30)23-40-18-16-27(17-19-40)35(22-36,26-8-5-4-6-9-26)31-10-7-11-32(31)38-33(42)45-3/h4-6,8-9,12-15,20-21,27,31-32H,7,10-11,16-19,23-25H2,1-3H3,(H,38,42)/t31?,32-,35?/m0/s1. The molecule has 0 radical (unpaired) electrons. The van der Waals surface area contributed by atoms with E-state index in [1.807, 2.05) is 30.3 Å². The summed E-state index contributed by atoms with van der Waals surface area (Å²) >= 11 is 0. The van der Waals surface area contributed by atoms with Crippen molar-refractivity contribution < 1.29 is 17.9 Å². The summed E-state index contributed by atoms with van der Waals surface area (Å²) in [5.74, 6) is 0.215. The number of amides is 1. The molecule has 2 saturated heterocycles. The van der Waals surface area contributed by atoms with Crippen molar-refractivity contribution in [1.29, 1.82) is 5.26 Å². The fraction of sp³-hybridized carbons (Fsp3) is 0.514. The molecule has 1 aromatic heterocycles. The summed E-state index contributed by atoms with van der Waals surface area (Å²) in [5.41, 5.74) is 1.53. The van der Waals surface area contributed by atoms with E-state index in [0.717, 1.165) is 76.1 Å². The van der Waals surface area contributed by atoms with E-state index in [2.05, 4.69) is 45.3 Å². The van der Waals surface area contributed by atoms with Crippen LogP contribution in [0.25, 0.3) is 0 Å². The van der Waals surface area contributed by atoms with Crippen LogP contribution in [0.1, 0.15) is 44.6 Å². The number of rotatable bonds is 9. The van der Waals surface area contributed by atoms with Gasteiger partial charge in [-0.1, -0.05) is 43.7 Å². The normalized spacial score (nSPS) is 23.2. The Morgan fingerprint density at radius 2 is 1.76 bits per heavy atom. The van der Waals surface area contributed by atoms with Gasteiger partial charge in [-0.2, -0.15) is 10.4 Å². The molecule has 46 heavy (non-hydrogen) atoms. The molecule has 1 aliphatic carbocycles. The molecule has 0 spiro atoms. The number of aryl methyl sites for hydroxylation is 1. The Labute approximate surface area is 272 Å². The van der Waals surface area contributed by atoms with E-state index in [0.29, 0.717) is 0 Å². The molecule has 1 amide bonds. The van der Waals surface area contributed by atoms with E-state index >= 15 is 0 Å². The van der Waals surface area contributed by atoms with Gasteiger partial charge in [-0.05, 0) is 74.5 Å². The van der Waals surface area contributed by atoms with Crippen molar-refractivity contribution in [2.75, 3.05) is 44.7 Å². The molecule has 11 heteroatoms. The van der Waals surface area contributed by atoms with Crippen molar-refractivity contribution in [2.24, 2.45) is 24.3 Å². The summed E-state index contributed by atoms with van der Waals surface area (Å²) in [6, 6.07) is 20.1. The maximum Gasteiger partial charge on any atom is 0.407 e. The Balaban J connectivity index is 1.09. The highest BCUT2D eigenvalue weighted by Gasteiger charge is 2.53. The number of piperidine rings is 1. The first-order valence-corrected chi connectivity index (χ1v) is 17.7. The van der Waals surface area contributed by atoms with Gasteiger partial charge in [0.15, 0.2) is 0 Å². The number of nitriles is 1. The quantitative estimate of drug-likeness (QED) is 0.354. The van der Waals surface area contributed by atoms with Crippen LogP contribution in [0, 0.1) is 28.6 Å². The number of methoxy groups -OCH3 is 1. The van der Waals surface area contributed by atoms with E-state index in [9.17, 15) is 18.5 Å². The predicted molar refractivity (Wildman–Crippen MR) is 175 cm³/mol.